The number of rotatable bonds is 3. The highest BCUT2D eigenvalue weighted by atomic mass is 16.5. The van der Waals surface area contributed by atoms with Crippen LogP contribution in [0.15, 0.2) is 47.3 Å². The van der Waals surface area contributed by atoms with Crippen molar-refractivity contribution in [2.45, 2.75) is 20.5 Å². The number of fused-ring (bicyclic) bond motifs is 1. The van der Waals surface area contributed by atoms with Crippen molar-refractivity contribution in [3.8, 4) is 0 Å². The molecule has 0 atom stereocenters. The minimum absolute atomic E-state index is 0.0775. The number of carbonyl (C=O) groups is 1. The van der Waals surface area contributed by atoms with Gasteiger partial charge in [0.05, 0.1) is 16.5 Å². The quantitative estimate of drug-likeness (QED) is 0.755. The molecule has 0 aliphatic rings. The van der Waals surface area contributed by atoms with E-state index in [1.807, 2.05) is 19.9 Å². The number of nitrogens with one attached hydrogen (secondary N) is 1. The Labute approximate surface area is 133 Å². The van der Waals surface area contributed by atoms with E-state index in [4.69, 9.17) is 4.74 Å². The molecule has 1 heterocycles. The number of hydrogen-bond donors (Lipinski definition) is 1. The maximum Gasteiger partial charge on any atom is 0.338 e. The summed E-state index contributed by atoms with van der Waals surface area (Å²) in [7, 11) is 0. The van der Waals surface area contributed by atoms with Gasteiger partial charge in [-0.3, -0.25) is 4.79 Å². The van der Waals surface area contributed by atoms with Crippen LogP contribution in [0.1, 0.15) is 27.3 Å². The van der Waals surface area contributed by atoms with Crippen LogP contribution < -0.4 is 5.56 Å². The minimum Gasteiger partial charge on any atom is -0.454 e. The van der Waals surface area contributed by atoms with Gasteiger partial charge in [-0.2, -0.15) is 0 Å². The van der Waals surface area contributed by atoms with Gasteiger partial charge in [-0.05, 0) is 49.2 Å². The third kappa shape index (κ3) is 3.13. The summed E-state index contributed by atoms with van der Waals surface area (Å²) in [6.45, 7) is 3.84. The maximum absolute atomic E-state index is 12.1. The Bertz CT molecular complexity index is 944. The van der Waals surface area contributed by atoms with Crippen LogP contribution in [0.2, 0.25) is 0 Å². The zero-order valence-corrected chi connectivity index (χ0v) is 12.9. The molecule has 0 bridgehead atoms. The van der Waals surface area contributed by atoms with Crippen molar-refractivity contribution in [2.75, 3.05) is 0 Å². The summed E-state index contributed by atoms with van der Waals surface area (Å²) in [6.07, 6.45) is 0. The normalized spacial score (nSPS) is 10.7. The van der Waals surface area contributed by atoms with E-state index in [9.17, 15) is 9.59 Å². The van der Waals surface area contributed by atoms with Gasteiger partial charge >= 0.3 is 5.97 Å². The summed E-state index contributed by atoms with van der Waals surface area (Å²) in [6, 6.07) is 12.4. The molecule has 2 aromatic carbocycles. The third-order valence-corrected chi connectivity index (χ3v) is 3.74. The molecular weight excluding hydrogens is 292 g/mol. The van der Waals surface area contributed by atoms with Crippen LogP contribution in [0.5, 0.6) is 0 Å². The van der Waals surface area contributed by atoms with Gasteiger partial charge in [-0.25, -0.2) is 9.78 Å². The molecule has 5 nitrogen and oxygen atoms in total. The van der Waals surface area contributed by atoms with Crippen molar-refractivity contribution in [3.05, 3.63) is 75.3 Å². The fourth-order valence-corrected chi connectivity index (χ4v) is 2.29. The standard InChI is InChI=1S/C18H16N2O3/c1-11-7-8-13(9-12(11)2)18(22)23-10-16-19-15-6-4-3-5-14(15)17(21)20-16/h3-9H,10H2,1-2H3,(H,19,20,21). The van der Waals surface area contributed by atoms with E-state index >= 15 is 0 Å². The van der Waals surface area contributed by atoms with Gasteiger partial charge in [0, 0.05) is 0 Å². The van der Waals surface area contributed by atoms with Gasteiger partial charge in [-0.1, -0.05) is 18.2 Å². The number of hydrogen-bond acceptors (Lipinski definition) is 4. The number of H-pyrrole nitrogens is 1. The van der Waals surface area contributed by atoms with Crippen molar-refractivity contribution in [2.24, 2.45) is 0 Å². The van der Waals surface area contributed by atoms with Gasteiger partial charge in [-0.15, -0.1) is 0 Å². The summed E-state index contributed by atoms with van der Waals surface area (Å²) in [4.78, 5) is 31.0. The van der Waals surface area contributed by atoms with Crippen LogP contribution in [-0.2, 0) is 11.3 Å². The second-order valence-corrected chi connectivity index (χ2v) is 5.40. The summed E-state index contributed by atoms with van der Waals surface area (Å²) in [5.74, 6) is -0.116. The molecule has 0 saturated heterocycles. The van der Waals surface area contributed by atoms with Gasteiger partial charge in [0.2, 0.25) is 0 Å². The number of ether oxygens (including phenoxy) is 1. The predicted molar refractivity (Wildman–Crippen MR) is 87.4 cm³/mol. The zero-order valence-electron chi connectivity index (χ0n) is 12.9. The molecule has 3 rings (SSSR count). The van der Waals surface area contributed by atoms with Crippen molar-refractivity contribution >= 4 is 16.9 Å². The molecule has 0 spiro atoms. The van der Waals surface area contributed by atoms with Crippen LogP contribution in [0.4, 0.5) is 0 Å². The van der Waals surface area contributed by atoms with E-state index in [1.54, 1.807) is 36.4 Å². The molecule has 0 saturated carbocycles. The number of nitrogens with zero attached hydrogens (tertiary/aromatic N) is 1. The number of aryl methyl sites for hydroxylation is 2. The van der Waals surface area contributed by atoms with E-state index in [-0.39, 0.29) is 12.2 Å². The fourth-order valence-electron chi connectivity index (χ4n) is 2.29. The minimum atomic E-state index is -0.441. The third-order valence-electron chi connectivity index (χ3n) is 3.74. The highest BCUT2D eigenvalue weighted by Gasteiger charge is 2.10. The molecule has 116 valence electrons. The van der Waals surface area contributed by atoms with Crippen molar-refractivity contribution in [1.82, 2.24) is 9.97 Å². The molecule has 1 aromatic heterocycles. The topological polar surface area (TPSA) is 72.0 Å². The van der Waals surface area contributed by atoms with Crippen molar-refractivity contribution < 1.29 is 9.53 Å². The van der Waals surface area contributed by atoms with E-state index in [2.05, 4.69) is 9.97 Å². The first-order chi connectivity index (χ1) is 11.0. The average Bonchev–Trinajstić information content (AvgIpc) is 2.55. The molecule has 0 fully saturated rings. The smallest absolute Gasteiger partial charge is 0.338 e. The van der Waals surface area contributed by atoms with E-state index in [1.165, 1.54) is 0 Å². The zero-order chi connectivity index (χ0) is 16.4. The summed E-state index contributed by atoms with van der Waals surface area (Å²) < 4.78 is 5.24. The Hall–Kier alpha value is -2.95. The SMILES string of the molecule is Cc1ccc(C(=O)OCc2nc3ccccc3c(=O)[nH]2)cc1C. The molecular formula is C18H16N2O3. The molecule has 5 heteroatoms. The van der Waals surface area contributed by atoms with Crippen LogP contribution >= 0.6 is 0 Å². The fraction of sp³-hybridized carbons (Fsp3) is 0.167. The molecule has 0 radical (unpaired) electrons. The number of benzene rings is 2. The van der Waals surface area contributed by atoms with Crippen molar-refractivity contribution in [3.63, 3.8) is 0 Å². The Kier molecular flexibility index (Phi) is 3.93. The molecule has 23 heavy (non-hydrogen) atoms. The highest BCUT2D eigenvalue weighted by molar-refractivity contribution is 5.89. The molecule has 0 aliphatic carbocycles. The largest absolute Gasteiger partial charge is 0.454 e. The Balaban J connectivity index is 1.79. The van der Waals surface area contributed by atoms with E-state index < -0.39 is 5.97 Å². The summed E-state index contributed by atoms with van der Waals surface area (Å²) in [5, 5.41) is 0.511. The summed E-state index contributed by atoms with van der Waals surface area (Å²) in [5.41, 5.74) is 2.95. The molecule has 1 N–H and O–H groups in total. The Morgan fingerprint density at radius 2 is 1.91 bits per heavy atom. The second-order valence-electron chi connectivity index (χ2n) is 5.40. The average molecular weight is 308 g/mol. The number of aromatic amines is 1. The Morgan fingerprint density at radius 1 is 1.13 bits per heavy atom. The molecule has 0 aliphatic heterocycles. The number of carbonyl (C=O) groups excluding carboxylic acids is 1. The van der Waals surface area contributed by atoms with Gasteiger partial charge in [0.25, 0.3) is 5.56 Å². The molecule has 0 unspecified atom stereocenters. The van der Waals surface area contributed by atoms with Crippen LogP contribution in [-0.4, -0.2) is 15.9 Å². The summed E-state index contributed by atoms with van der Waals surface area (Å²) >= 11 is 0. The van der Waals surface area contributed by atoms with Crippen LogP contribution in [0.3, 0.4) is 0 Å². The first-order valence-electron chi connectivity index (χ1n) is 7.27. The van der Waals surface area contributed by atoms with Crippen molar-refractivity contribution in [1.29, 1.82) is 0 Å². The van der Waals surface area contributed by atoms with Gasteiger partial charge in [0.1, 0.15) is 12.4 Å². The highest BCUT2D eigenvalue weighted by Crippen LogP contribution is 2.12. The lowest BCUT2D eigenvalue weighted by molar-refractivity contribution is 0.0462. The lowest BCUT2D eigenvalue weighted by atomic mass is 10.1. The Morgan fingerprint density at radius 3 is 2.70 bits per heavy atom. The predicted octanol–water partition coefficient (Wildman–Crippen LogP) is 2.90. The number of para-hydroxylation sites is 1. The first-order valence-corrected chi connectivity index (χ1v) is 7.27. The first kappa shape index (κ1) is 15.0. The van der Waals surface area contributed by atoms with Gasteiger partial charge < -0.3 is 9.72 Å². The monoisotopic (exact) mass is 308 g/mol. The second kappa shape index (κ2) is 6.04. The number of aromatic nitrogens is 2. The maximum atomic E-state index is 12.1. The molecule has 3 aromatic rings. The van der Waals surface area contributed by atoms with Gasteiger partial charge in [0.15, 0.2) is 0 Å². The lowest BCUT2D eigenvalue weighted by Gasteiger charge is -2.07. The van der Waals surface area contributed by atoms with E-state index in [0.29, 0.717) is 22.3 Å². The van der Waals surface area contributed by atoms with Crippen LogP contribution in [0.25, 0.3) is 10.9 Å². The lowest BCUT2D eigenvalue weighted by Crippen LogP contribution is -2.14. The molecule has 0 amide bonds. The number of esters is 1. The van der Waals surface area contributed by atoms with E-state index in [0.717, 1.165) is 11.1 Å². The van der Waals surface area contributed by atoms with Crippen LogP contribution in [0, 0.1) is 13.8 Å².